The number of ether oxygens (including phenoxy) is 1. The van der Waals surface area contributed by atoms with E-state index >= 15 is 0 Å². The molecule has 1 amide bonds. The van der Waals surface area contributed by atoms with Crippen molar-refractivity contribution in [3.05, 3.63) is 114 Å². The van der Waals surface area contributed by atoms with Crippen molar-refractivity contribution in [2.24, 2.45) is 7.05 Å². The lowest BCUT2D eigenvalue weighted by Gasteiger charge is -2.12. The van der Waals surface area contributed by atoms with Crippen molar-refractivity contribution in [3.8, 4) is 28.3 Å². The van der Waals surface area contributed by atoms with Gasteiger partial charge in [0.2, 0.25) is 11.8 Å². The Morgan fingerprint density at radius 3 is 2.60 bits per heavy atom. The maximum Gasteiger partial charge on any atom is 0.255 e. The number of carbonyl (C=O) groups excluding carboxylic acids is 1. The third kappa shape index (κ3) is 5.94. The number of pyridine rings is 1. The number of anilines is 3. The van der Waals surface area contributed by atoms with Crippen LogP contribution in [0.5, 0.6) is 5.88 Å². The molecule has 8 heteroatoms. The molecule has 43 heavy (non-hydrogen) atoms. The molecule has 0 unspecified atom stereocenters. The molecule has 214 valence electrons. The largest absolute Gasteiger partial charge is 0.478 e. The van der Waals surface area contributed by atoms with Gasteiger partial charge in [-0.05, 0) is 68.8 Å². The third-order valence-electron chi connectivity index (χ3n) is 7.30. The number of nitrogens with one attached hydrogen (secondary N) is 2. The number of fused-ring (bicyclic) bond motifs is 1. The van der Waals surface area contributed by atoms with Crippen LogP contribution in [0, 0.1) is 13.8 Å². The molecule has 0 fully saturated rings. The van der Waals surface area contributed by atoms with Crippen molar-refractivity contribution >= 4 is 34.1 Å². The lowest BCUT2D eigenvalue weighted by atomic mass is 10.1. The molecule has 0 saturated heterocycles. The zero-order valence-corrected chi connectivity index (χ0v) is 24.6. The number of rotatable bonds is 8. The van der Waals surface area contributed by atoms with Crippen molar-refractivity contribution < 1.29 is 9.53 Å². The molecule has 0 spiro atoms. The number of nitrogens with zero attached hydrogens (tertiary/aromatic N) is 4. The lowest BCUT2D eigenvalue weighted by molar-refractivity contribution is 0.102. The fourth-order valence-electron chi connectivity index (χ4n) is 5.07. The summed E-state index contributed by atoms with van der Waals surface area (Å²) in [7, 11) is 1.99. The number of carbonyl (C=O) groups is 1. The zero-order chi connectivity index (χ0) is 29.9. The van der Waals surface area contributed by atoms with E-state index in [2.05, 4.69) is 50.4 Å². The first kappa shape index (κ1) is 27.7. The van der Waals surface area contributed by atoms with Gasteiger partial charge in [0.15, 0.2) is 0 Å². The molecule has 2 N–H and O–H groups in total. The third-order valence-corrected chi connectivity index (χ3v) is 7.30. The summed E-state index contributed by atoms with van der Waals surface area (Å²) < 4.78 is 7.53. The summed E-state index contributed by atoms with van der Waals surface area (Å²) in [5.41, 5.74) is 9.04. The monoisotopic (exact) mass is 568 g/mol. The molecule has 3 heterocycles. The minimum absolute atomic E-state index is 0.207. The van der Waals surface area contributed by atoms with Crippen LogP contribution in [-0.4, -0.2) is 32.0 Å². The second-order valence-electron chi connectivity index (χ2n) is 10.4. The Labute approximate surface area is 250 Å². The second-order valence-corrected chi connectivity index (χ2v) is 10.4. The van der Waals surface area contributed by atoms with E-state index in [4.69, 9.17) is 9.72 Å². The minimum Gasteiger partial charge on any atom is -0.478 e. The van der Waals surface area contributed by atoms with Crippen LogP contribution < -0.4 is 15.4 Å². The maximum atomic E-state index is 13.3. The van der Waals surface area contributed by atoms with Gasteiger partial charge in [0.25, 0.3) is 5.91 Å². The Kier molecular flexibility index (Phi) is 7.57. The fourth-order valence-corrected chi connectivity index (χ4v) is 5.07. The SMILES string of the molecule is CCOc1ccc(-c2cn(C)c3cc(NC(=O)c4ccc(C)c(Nc5nccc(-c6cccc(C)c6)n5)c4)ccc23)cn1. The van der Waals surface area contributed by atoms with Gasteiger partial charge in [0.1, 0.15) is 0 Å². The van der Waals surface area contributed by atoms with Gasteiger partial charge in [-0.2, -0.15) is 0 Å². The number of hydrogen-bond donors (Lipinski definition) is 2. The lowest BCUT2D eigenvalue weighted by Crippen LogP contribution is -2.12. The smallest absolute Gasteiger partial charge is 0.255 e. The highest BCUT2D eigenvalue weighted by Crippen LogP contribution is 2.32. The van der Waals surface area contributed by atoms with Gasteiger partial charge in [-0.3, -0.25) is 4.79 Å². The van der Waals surface area contributed by atoms with E-state index in [9.17, 15) is 4.79 Å². The van der Waals surface area contributed by atoms with Crippen molar-refractivity contribution in [1.82, 2.24) is 19.5 Å². The molecule has 0 atom stereocenters. The second kappa shape index (κ2) is 11.8. The summed E-state index contributed by atoms with van der Waals surface area (Å²) in [5.74, 6) is 0.864. The number of aryl methyl sites for hydroxylation is 3. The number of hydrogen-bond acceptors (Lipinski definition) is 6. The van der Waals surface area contributed by atoms with Gasteiger partial charge in [-0.25, -0.2) is 15.0 Å². The summed E-state index contributed by atoms with van der Waals surface area (Å²) in [6, 6.07) is 25.4. The highest BCUT2D eigenvalue weighted by Gasteiger charge is 2.14. The van der Waals surface area contributed by atoms with Crippen molar-refractivity contribution in [3.63, 3.8) is 0 Å². The normalized spacial score (nSPS) is 11.0. The molecule has 0 aliphatic rings. The van der Waals surface area contributed by atoms with Crippen molar-refractivity contribution in [2.45, 2.75) is 20.8 Å². The molecule has 3 aromatic carbocycles. The molecule has 0 saturated carbocycles. The Hall–Kier alpha value is -5.50. The summed E-state index contributed by atoms with van der Waals surface area (Å²) in [5, 5.41) is 7.42. The van der Waals surface area contributed by atoms with Crippen LogP contribution in [0.25, 0.3) is 33.3 Å². The first-order valence-corrected chi connectivity index (χ1v) is 14.2. The fraction of sp³-hybridized carbons (Fsp3) is 0.143. The molecule has 8 nitrogen and oxygen atoms in total. The predicted octanol–water partition coefficient (Wildman–Crippen LogP) is 7.71. The van der Waals surface area contributed by atoms with Crippen LogP contribution in [-0.2, 0) is 7.05 Å². The Balaban J connectivity index is 1.21. The topological polar surface area (TPSA) is 94.0 Å². The molecular formula is C35H32N6O2. The standard InChI is InChI=1S/C35H32N6O2/c1-5-43-33-14-11-26(20-37-33)29-21-41(4)32-19-27(12-13-28(29)32)38-34(42)25-10-9-23(3)31(18-25)40-35-36-16-15-30(39-35)24-8-6-7-22(2)17-24/h6-21H,5H2,1-4H3,(H,38,42)(H,36,39,40). The number of aromatic nitrogens is 4. The first-order chi connectivity index (χ1) is 20.9. The molecule has 0 bridgehead atoms. The molecule has 6 rings (SSSR count). The van der Waals surface area contributed by atoms with Gasteiger partial charge in [0.05, 0.1) is 17.8 Å². The average Bonchev–Trinajstić information content (AvgIpc) is 3.34. The summed E-state index contributed by atoms with van der Waals surface area (Å²) in [6.45, 7) is 6.55. The average molecular weight is 569 g/mol. The quantitative estimate of drug-likeness (QED) is 0.195. The van der Waals surface area contributed by atoms with E-state index in [-0.39, 0.29) is 5.91 Å². The Bertz CT molecular complexity index is 1950. The summed E-state index contributed by atoms with van der Waals surface area (Å²) in [6.07, 6.45) is 5.63. The maximum absolute atomic E-state index is 13.3. The molecule has 3 aromatic heterocycles. The van der Waals surface area contributed by atoms with E-state index < -0.39 is 0 Å². The molecule has 6 aromatic rings. The van der Waals surface area contributed by atoms with E-state index in [0.29, 0.717) is 29.7 Å². The van der Waals surface area contributed by atoms with Crippen molar-refractivity contribution in [2.75, 3.05) is 17.2 Å². The Morgan fingerprint density at radius 2 is 1.81 bits per heavy atom. The molecule has 0 aliphatic heterocycles. The van der Waals surface area contributed by atoms with Crippen LogP contribution in [0.15, 0.2) is 97.5 Å². The number of benzene rings is 3. The minimum atomic E-state index is -0.207. The van der Waals surface area contributed by atoms with Gasteiger partial charge in [-0.15, -0.1) is 0 Å². The van der Waals surface area contributed by atoms with Crippen LogP contribution in [0.4, 0.5) is 17.3 Å². The van der Waals surface area contributed by atoms with Crippen molar-refractivity contribution in [1.29, 1.82) is 0 Å². The van der Waals surface area contributed by atoms with E-state index in [1.54, 1.807) is 6.20 Å². The molecular weight excluding hydrogens is 536 g/mol. The summed E-state index contributed by atoms with van der Waals surface area (Å²) in [4.78, 5) is 26.9. The van der Waals surface area contributed by atoms with Crippen LogP contribution in [0.1, 0.15) is 28.4 Å². The van der Waals surface area contributed by atoms with Gasteiger partial charge >= 0.3 is 0 Å². The van der Waals surface area contributed by atoms with Gasteiger partial charge in [0, 0.05) is 70.7 Å². The summed E-state index contributed by atoms with van der Waals surface area (Å²) >= 11 is 0. The van der Waals surface area contributed by atoms with Gasteiger partial charge < -0.3 is 19.9 Å². The predicted molar refractivity (Wildman–Crippen MR) is 172 cm³/mol. The number of amides is 1. The van der Waals surface area contributed by atoms with E-state index in [1.807, 2.05) is 93.8 Å². The molecule has 0 aliphatic carbocycles. The first-order valence-electron chi connectivity index (χ1n) is 14.2. The van der Waals surface area contributed by atoms with E-state index in [1.165, 1.54) is 0 Å². The Morgan fingerprint density at radius 1 is 0.930 bits per heavy atom. The molecule has 0 radical (unpaired) electrons. The van der Waals surface area contributed by atoms with Crippen LogP contribution >= 0.6 is 0 Å². The van der Waals surface area contributed by atoms with E-state index in [0.717, 1.165) is 50.1 Å². The van der Waals surface area contributed by atoms with Gasteiger partial charge in [-0.1, -0.05) is 35.9 Å². The van der Waals surface area contributed by atoms with Crippen LogP contribution in [0.3, 0.4) is 0 Å². The highest BCUT2D eigenvalue weighted by atomic mass is 16.5. The zero-order valence-electron chi connectivity index (χ0n) is 24.6. The highest BCUT2D eigenvalue weighted by molar-refractivity contribution is 6.06. The van der Waals surface area contributed by atoms with Crippen LogP contribution in [0.2, 0.25) is 0 Å².